The highest BCUT2D eigenvalue weighted by molar-refractivity contribution is 5.93. The number of likely N-dealkylation sites (tertiary alicyclic amines) is 1. The van der Waals surface area contributed by atoms with Crippen molar-refractivity contribution >= 4 is 23.1 Å². The normalized spacial score (nSPS) is 13.8. The maximum absolute atomic E-state index is 8.36. The highest BCUT2D eigenvalue weighted by atomic mass is 16.3. The third-order valence-corrected chi connectivity index (χ3v) is 4.73. The summed E-state index contributed by atoms with van der Waals surface area (Å²) in [5, 5.41) is 11.7. The molecule has 2 heterocycles. The number of rotatable bonds is 5. The van der Waals surface area contributed by atoms with E-state index in [1.54, 1.807) is 0 Å². The number of fused-ring (bicyclic) bond motifs is 1. The van der Waals surface area contributed by atoms with Gasteiger partial charge >= 0.3 is 0 Å². The van der Waals surface area contributed by atoms with Crippen LogP contribution in [0.4, 0.5) is 5.69 Å². The van der Waals surface area contributed by atoms with E-state index < -0.39 is 0 Å². The SMILES string of the molecule is O=CO.c1ccc(-c2cc(NCCN3CCCC3)c3ccccc3n2)cc1. The lowest BCUT2D eigenvalue weighted by Crippen LogP contribution is -2.26. The third-order valence-electron chi connectivity index (χ3n) is 4.73. The number of pyridine rings is 1. The average Bonchev–Trinajstić information content (AvgIpc) is 3.23. The van der Waals surface area contributed by atoms with Crippen LogP contribution in [0.1, 0.15) is 12.8 Å². The van der Waals surface area contributed by atoms with Crippen LogP contribution < -0.4 is 5.32 Å². The predicted octanol–water partition coefficient (Wildman–Crippen LogP) is 4.11. The zero-order valence-electron chi connectivity index (χ0n) is 15.3. The minimum atomic E-state index is -0.250. The molecule has 0 amide bonds. The van der Waals surface area contributed by atoms with Crippen molar-refractivity contribution in [1.29, 1.82) is 0 Å². The maximum atomic E-state index is 8.36. The van der Waals surface area contributed by atoms with Crippen LogP contribution in [0.15, 0.2) is 60.7 Å². The summed E-state index contributed by atoms with van der Waals surface area (Å²) < 4.78 is 0. The number of carboxylic acid groups (broad SMARTS) is 1. The minimum Gasteiger partial charge on any atom is -0.483 e. The Kier molecular flexibility index (Phi) is 6.77. The molecule has 0 bridgehead atoms. The molecular formula is C22H25N3O2. The van der Waals surface area contributed by atoms with Crippen molar-refractivity contribution in [2.45, 2.75) is 12.8 Å². The Bertz CT molecular complexity index is 862. The summed E-state index contributed by atoms with van der Waals surface area (Å²) in [6.45, 7) is 4.32. The molecule has 0 spiro atoms. The molecule has 1 aromatic heterocycles. The van der Waals surface area contributed by atoms with E-state index in [1.165, 1.54) is 37.0 Å². The van der Waals surface area contributed by atoms with Crippen LogP contribution in [0.2, 0.25) is 0 Å². The second-order valence-electron chi connectivity index (χ2n) is 6.52. The third kappa shape index (κ3) is 5.05. The minimum absolute atomic E-state index is 0.250. The van der Waals surface area contributed by atoms with Crippen LogP contribution in [-0.2, 0) is 4.79 Å². The van der Waals surface area contributed by atoms with Crippen LogP contribution >= 0.6 is 0 Å². The summed E-state index contributed by atoms with van der Waals surface area (Å²) in [6.07, 6.45) is 2.69. The molecule has 0 radical (unpaired) electrons. The number of benzene rings is 2. The van der Waals surface area contributed by atoms with E-state index >= 15 is 0 Å². The molecule has 1 saturated heterocycles. The van der Waals surface area contributed by atoms with Crippen LogP contribution in [0.5, 0.6) is 0 Å². The molecule has 5 nitrogen and oxygen atoms in total. The van der Waals surface area contributed by atoms with E-state index in [1.807, 2.05) is 6.07 Å². The van der Waals surface area contributed by atoms with Crippen molar-refractivity contribution in [2.75, 3.05) is 31.5 Å². The Morgan fingerprint density at radius 1 is 1.04 bits per heavy atom. The largest absolute Gasteiger partial charge is 0.483 e. The van der Waals surface area contributed by atoms with E-state index in [2.05, 4.69) is 64.8 Å². The Morgan fingerprint density at radius 2 is 1.70 bits per heavy atom. The molecule has 1 aliphatic rings. The number of hydrogen-bond donors (Lipinski definition) is 2. The van der Waals surface area contributed by atoms with E-state index in [9.17, 15) is 0 Å². The molecule has 140 valence electrons. The Hall–Kier alpha value is -2.92. The fraction of sp³-hybridized carbons (Fsp3) is 0.273. The molecule has 3 aromatic rings. The molecule has 1 aliphatic heterocycles. The Labute approximate surface area is 159 Å². The number of anilines is 1. The number of nitrogens with one attached hydrogen (secondary N) is 1. The van der Waals surface area contributed by atoms with E-state index in [4.69, 9.17) is 14.9 Å². The summed E-state index contributed by atoms with van der Waals surface area (Å²) in [5.41, 5.74) is 4.41. The summed E-state index contributed by atoms with van der Waals surface area (Å²) in [4.78, 5) is 15.7. The molecule has 4 rings (SSSR count). The first kappa shape index (κ1) is 18.9. The topological polar surface area (TPSA) is 65.5 Å². The van der Waals surface area contributed by atoms with Gasteiger partial charge in [0.1, 0.15) is 0 Å². The average molecular weight is 363 g/mol. The van der Waals surface area contributed by atoms with Crippen LogP contribution in [0.25, 0.3) is 22.2 Å². The quantitative estimate of drug-likeness (QED) is 0.668. The number of carbonyl (C=O) groups is 1. The molecule has 0 saturated carbocycles. The first-order valence-electron chi connectivity index (χ1n) is 9.31. The number of hydrogen-bond acceptors (Lipinski definition) is 4. The summed E-state index contributed by atoms with van der Waals surface area (Å²) >= 11 is 0. The molecule has 0 aliphatic carbocycles. The van der Waals surface area contributed by atoms with Gasteiger partial charge in [0.05, 0.1) is 11.2 Å². The molecule has 2 N–H and O–H groups in total. The van der Waals surface area contributed by atoms with Gasteiger partial charge in [-0.15, -0.1) is 0 Å². The Morgan fingerprint density at radius 3 is 2.44 bits per heavy atom. The molecular weight excluding hydrogens is 338 g/mol. The molecule has 0 unspecified atom stereocenters. The second-order valence-corrected chi connectivity index (χ2v) is 6.52. The summed E-state index contributed by atoms with van der Waals surface area (Å²) in [6, 6.07) is 21.0. The van der Waals surface area contributed by atoms with E-state index in [0.29, 0.717) is 0 Å². The van der Waals surface area contributed by atoms with Gasteiger partial charge in [-0.2, -0.15) is 0 Å². The predicted molar refractivity (Wildman–Crippen MR) is 110 cm³/mol. The van der Waals surface area contributed by atoms with Gasteiger partial charge in [-0.3, -0.25) is 4.79 Å². The van der Waals surface area contributed by atoms with E-state index in [-0.39, 0.29) is 6.47 Å². The van der Waals surface area contributed by atoms with Gasteiger partial charge in [0, 0.05) is 29.7 Å². The monoisotopic (exact) mass is 363 g/mol. The Balaban J connectivity index is 0.000000659. The zero-order chi connectivity index (χ0) is 18.9. The van der Waals surface area contributed by atoms with Gasteiger partial charge in [0.25, 0.3) is 6.47 Å². The van der Waals surface area contributed by atoms with Crippen LogP contribution in [0, 0.1) is 0 Å². The summed E-state index contributed by atoms with van der Waals surface area (Å²) in [7, 11) is 0. The molecule has 0 atom stereocenters. The van der Waals surface area contributed by atoms with Gasteiger partial charge in [-0.25, -0.2) is 4.98 Å². The second kappa shape index (κ2) is 9.69. The van der Waals surface area contributed by atoms with Crippen molar-refractivity contribution in [3.8, 4) is 11.3 Å². The molecule has 1 fully saturated rings. The van der Waals surface area contributed by atoms with Gasteiger partial charge in [-0.05, 0) is 38.1 Å². The molecule has 5 heteroatoms. The van der Waals surface area contributed by atoms with Crippen molar-refractivity contribution in [2.24, 2.45) is 0 Å². The summed E-state index contributed by atoms with van der Waals surface area (Å²) in [5.74, 6) is 0. The molecule has 27 heavy (non-hydrogen) atoms. The first-order valence-corrected chi connectivity index (χ1v) is 9.31. The number of nitrogens with zero attached hydrogens (tertiary/aromatic N) is 2. The highest BCUT2D eigenvalue weighted by Crippen LogP contribution is 2.28. The lowest BCUT2D eigenvalue weighted by Gasteiger charge is -2.17. The molecule has 2 aromatic carbocycles. The fourth-order valence-corrected chi connectivity index (χ4v) is 3.43. The lowest BCUT2D eigenvalue weighted by atomic mass is 10.1. The van der Waals surface area contributed by atoms with Crippen molar-refractivity contribution < 1.29 is 9.90 Å². The standard InChI is InChI=1S/C21H23N3.CH2O2/c1-2-8-17(9-3-1)20-16-21(18-10-4-5-11-19(18)23-20)22-12-15-24-13-6-7-14-24;2-1-3/h1-5,8-11,16H,6-7,12-15H2,(H,22,23);1H,(H,2,3). The maximum Gasteiger partial charge on any atom is 0.290 e. The lowest BCUT2D eigenvalue weighted by molar-refractivity contribution is -0.122. The van der Waals surface area contributed by atoms with Crippen molar-refractivity contribution in [1.82, 2.24) is 9.88 Å². The number of aromatic nitrogens is 1. The first-order chi connectivity index (χ1) is 13.3. The van der Waals surface area contributed by atoms with Gasteiger partial charge in [-0.1, -0.05) is 48.5 Å². The van der Waals surface area contributed by atoms with Crippen LogP contribution in [0.3, 0.4) is 0 Å². The highest BCUT2D eigenvalue weighted by Gasteiger charge is 2.11. The van der Waals surface area contributed by atoms with E-state index in [0.717, 1.165) is 29.9 Å². The number of para-hydroxylation sites is 1. The smallest absolute Gasteiger partial charge is 0.290 e. The fourth-order valence-electron chi connectivity index (χ4n) is 3.43. The zero-order valence-corrected chi connectivity index (χ0v) is 15.3. The van der Waals surface area contributed by atoms with Gasteiger partial charge in [0.15, 0.2) is 0 Å². The van der Waals surface area contributed by atoms with Crippen LogP contribution in [-0.4, -0.2) is 47.6 Å². The van der Waals surface area contributed by atoms with Gasteiger partial charge < -0.3 is 15.3 Å². The van der Waals surface area contributed by atoms with Crippen molar-refractivity contribution in [3.63, 3.8) is 0 Å². The van der Waals surface area contributed by atoms with Crippen molar-refractivity contribution in [3.05, 3.63) is 60.7 Å². The van der Waals surface area contributed by atoms with Gasteiger partial charge in [0.2, 0.25) is 0 Å².